The van der Waals surface area contributed by atoms with Crippen LogP contribution in [0.3, 0.4) is 0 Å². The van der Waals surface area contributed by atoms with E-state index in [1.54, 1.807) is 0 Å². The van der Waals surface area contributed by atoms with Crippen molar-refractivity contribution in [3.05, 3.63) is 65.9 Å². The molecule has 0 saturated heterocycles. The molecule has 24 heavy (non-hydrogen) atoms. The summed E-state index contributed by atoms with van der Waals surface area (Å²) in [4.78, 5) is 19.7. The molecule has 122 valence electrons. The van der Waals surface area contributed by atoms with Gasteiger partial charge in [0.15, 0.2) is 11.5 Å². The number of nitrogens with zero attached hydrogens (tertiary/aromatic N) is 4. The van der Waals surface area contributed by atoms with Crippen molar-refractivity contribution in [3.8, 4) is 0 Å². The number of carbonyl (C=O) groups excluding carboxylic acids is 1. The molecule has 2 heterocycles. The van der Waals surface area contributed by atoms with Gasteiger partial charge in [-0.2, -0.15) is 5.10 Å². The number of benzene rings is 1. The van der Waals surface area contributed by atoms with Gasteiger partial charge in [-0.15, -0.1) is 0 Å². The van der Waals surface area contributed by atoms with Gasteiger partial charge >= 0.3 is 0 Å². The summed E-state index contributed by atoms with van der Waals surface area (Å²) in [7, 11) is 0. The van der Waals surface area contributed by atoms with Gasteiger partial charge in [-0.25, -0.2) is 18.7 Å². The lowest BCUT2D eigenvalue weighted by Gasteiger charge is -2.04. The SMILES string of the molecule is Nc1nccnc1C(=O)Nc1cnn(Cc2cc(F)cc(F)c2)c1. The molecule has 0 aliphatic rings. The molecule has 0 spiro atoms. The zero-order valence-electron chi connectivity index (χ0n) is 12.3. The van der Waals surface area contributed by atoms with Crippen LogP contribution >= 0.6 is 0 Å². The van der Waals surface area contributed by atoms with Gasteiger partial charge < -0.3 is 11.1 Å². The second kappa shape index (κ2) is 6.41. The van der Waals surface area contributed by atoms with Gasteiger partial charge in [-0.3, -0.25) is 9.48 Å². The molecule has 0 fully saturated rings. The van der Waals surface area contributed by atoms with Crippen LogP contribution in [0.15, 0.2) is 43.0 Å². The smallest absolute Gasteiger partial charge is 0.278 e. The minimum Gasteiger partial charge on any atom is -0.382 e. The largest absolute Gasteiger partial charge is 0.382 e. The molecule has 0 bridgehead atoms. The second-order valence-corrected chi connectivity index (χ2v) is 4.95. The highest BCUT2D eigenvalue weighted by atomic mass is 19.1. The average molecular weight is 330 g/mol. The molecule has 3 aromatic rings. The average Bonchev–Trinajstić information content (AvgIpc) is 2.93. The van der Waals surface area contributed by atoms with Gasteiger partial charge in [0, 0.05) is 24.7 Å². The summed E-state index contributed by atoms with van der Waals surface area (Å²) in [5, 5.41) is 6.60. The van der Waals surface area contributed by atoms with E-state index in [1.807, 2.05) is 0 Å². The van der Waals surface area contributed by atoms with Gasteiger partial charge in [0.2, 0.25) is 0 Å². The fraction of sp³-hybridized carbons (Fsp3) is 0.0667. The Balaban J connectivity index is 1.71. The quantitative estimate of drug-likeness (QED) is 0.760. The molecule has 0 saturated carbocycles. The molecule has 0 aliphatic heterocycles. The maximum Gasteiger partial charge on any atom is 0.278 e. The lowest BCUT2D eigenvalue weighted by molar-refractivity contribution is 0.102. The normalized spacial score (nSPS) is 10.6. The number of carbonyl (C=O) groups is 1. The van der Waals surface area contributed by atoms with E-state index < -0.39 is 17.5 Å². The summed E-state index contributed by atoms with van der Waals surface area (Å²) in [5.74, 6) is -1.85. The van der Waals surface area contributed by atoms with Crippen LogP contribution < -0.4 is 11.1 Å². The van der Waals surface area contributed by atoms with Gasteiger partial charge in [0.1, 0.15) is 11.6 Å². The zero-order valence-corrected chi connectivity index (χ0v) is 12.3. The van der Waals surface area contributed by atoms with Crippen molar-refractivity contribution in [1.82, 2.24) is 19.7 Å². The number of hydrogen-bond donors (Lipinski definition) is 2. The molecular weight excluding hydrogens is 318 g/mol. The van der Waals surface area contributed by atoms with Crippen molar-refractivity contribution in [2.45, 2.75) is 6.54 Å². The van der Waals surface area contributed by atoms with E-state index in [0.29, 0.717) is 11.3 Å². The molecule has 0 radical (unpaired) electrons. The molecule has 3 N–H and O–H groups in total. The van der Waals surface area contributed by atoms with Crippen LogP contribution in [0.2, 0.25) is 0 Å². The lowest BCUT2D eigenvalue weighted by atomic mass is 10.2. The molecule has 1 amide bonds. The van der Waals surface area contributed by atoms with Gasteiger partial charge in [-0.05, 0) is 17.7 Å². The first-order valence-corrected chi connectivity index (χ1v) is 6.86. The van der Waals surface area contributed by atoms with Crippen molar-refractivity contribution in [3.63, 3.8) is 0 Å². The molecule has 3 rings (SSSR count). The van der Waals surface area contributed by atoms with Crippen LogP contribution in [0.4, 0.5) is 20.3 Å². The lowest BCUT2D eigenvalue weighted by Crippen LogP contribution is -2.16. The number of nitrogens with one attached hydrogen (secondary N) is 1. The number of anilines is 2. The number of amides is 1. The number of hydrogen-bond acceptors (Lipinski definition) is 5. The Morgan fingerprint density at radius 1 is 1.17 bits per heavy atom. The van der Waals surface area contributed by atoms with E-state index in [2.05, 4.69) is 20.4 Å². The van der Waals surface area contributed by atoms with Crippen molar-refractivity contribution >= 4 is 17.4 Å². The third-order valence-electron chi connectivity index (χ3n) is 3.10. The van der Waals surface area contributed by atoms with E-state index in [-0.39, 0.29) is 18.1 Å². The van der Waals surface area contributed by atoms with E-state index in [0.717, 1.165) is 6.07 Å². The monoisotopic (exact) mass is 330 g/mol. The summed E-state index contributed by atoms with van der Waals surface area (Å²) in [6.07, 6.45) is 5.66. The zero-order chi connectivity index (χ0) is 17.1. The number of nitrogen functional groups attached to an aromatic ring is 1. The molecule has 1 aromatic carbocycles. The minimum atomic E-state index is -0.663. The Hall–Kier alpha value is -3.36. The Kier molecular flexibility index (Phi) is 4.15. The fourth-order valence-corrected chi connectivity index (χ4v) is 2.12. The molecule has 0 aliphatic carbocycles. The van der Waals surface area contributed by atoms with Crippen LogP contribution in [0, 0.1) is 11.6 Å². The topological polar surface area (TPSA) is 98.7 Å². The first kappa shape index (κ1) is 15.5. The maximum atomic E-state index is 13.2. The van der Waals surface area contributed by atoms with Crippen LogP contribution in [0.1, 0.15) is 16.1 Å². The Morgan fingerprint density at radius 3 is 2.58 bits per heavy atom. The number of halogens is 2. The van der Waals surface area contributed by atoms with Crippen molar-refractivity contribution in [2.75, 3.05) is 11.1 Å². The molecule has 0 unspecified atom stereocenters. The summed E-state index contributed by atoms with van der Waals surface area (Å²) < 4.78 is 27.8. The highest BCUT2D eigenvalue weighted by Gasteiger charge is 2.13. The summed E-state index contributed by atoms with van der Waals surface area (Å²) >= 11 is 0. The third-order valence-corrected chi connectivity index (χ3v) is 3.10. The van der Waals surface area contributed by atoms with E-state index in [4.69, 9.17) is 5.73 Å². The first-order chi connectivity index (χ1) is 11.5. The van der Waals surface area contributed by atoms with Crippen molar-refractivity contribution < 1.29 is 13.6 Å². The number of nitrogens with two attached hydrogens (primary N) is 1. The van der Waals surface area contributed by atoms with Gasteiger partial charge in [0.25, 0.3) is 5.91 Å². The standard InChI is InChI=1S/C15H12F2N6O/c16-10-3-9(4-11(17)5-10)7-23-8-12(6-21-23)22-15(24)13-14(18)20-2-1-19-13/h1-6,8H,7H2,(H2,18,20)(H,22,24). The summed E-state index contributed by atoms with van der Waals surface area (Å²) in [5.41, 5.74) is 6.38. The van der Waals surface area contributed by atoms with Gasteiger partial charge in [-0.1, -0.05) is 0 Å². The second-order valence-electron chi connectivity index (χ2n) is 4.95. The summed E-state index contributed by atoms with van der Waals surface area (Å²) in [6, 6.07) is 3.22. The van der Waals surface area contributed by atoms with E-state index >= 15 is 0 Å². The first-order valence-electron chi connectivity index (χ1n) is 6.86. The molecular formula is C15H12F2N6O. The van der Waals surface area contributed by atoms with Crippen LogP contribution in [-0.4, -0.2) is 25.7 Å². The van der Waals surface area contributed by atoms with Crippen LogP contribution in [0.5, 0.6) is 0 Å². The molecule has 9 heteroatoms. The molecule has 7 nitrogen and oxygen atoms in total. The maximum absolute atomic E-state index is 13.2. The molecule has 0 atom stereocenters. The Bertz CT molecular complexity index is 875. The van der Waals surface area contributed by atoms with E-state index in [9.17, 15) is 13.6 Å². The number of aromatic nitrogens is 4. The van der Waals surface area contributed by atoms with Gasteiger partial charge in [0.05, 0.1) is 18.4 Å². The van der Waals surface area contributed by atoms with Crippen molar-refractivity contribution in [2.24, 2.45) is 0 Å². The molecule has 2 aromatic heterocycles. The minimum absolute atomic E-state index is 0.00236. The third kappa shape index (κ3) is 3.51. The Morgan fingerprint density at radius 2 is 1.88 bits per heavy atom. The van der Waals surface area contributed by atoms with Crippen LogP contribution in [0.25, 0.3) is 0 Å². The predicted molar refractivity (Wildman–Crippen MR) is 82.1 cm³/mol. The van der Waals surface area contributed by atoms with Crippen molar-refractivity contribution in [1.29, 1.82) is 0 Å². The summed E-state index contributed by atoms with van der Waals surface area (Å²) in [6.45, 7) is 0.151. The van der Waals surface area contributed by atoms with E-state index in [1.165, 1.54) is 41.6 Å². The fourth-order valence-electron chi connectivity index (χ4n) is 2.12. The Labute approximate surface area is 135 Å². The highest BCUT2D eigenvalue weighted by molar-refractivity contribution is 6.05. The highest BCUT2D eigenvalue weighted by Crippen LogP contribution is 2.13. The predicted octanol–water partition coefficient (Wildman–Crippen LogP) is 1.83. The number of rotatable bonds is 4. The van der Waals surface area contributed by atoms with Crippen LogP contribution in [-0.2, 0) is 6.54 Å².